The number of carbonyl (C=O) groups excluding carboxylic acids is 2. The van der Waals surface area contributed by atoms with Gasteiger partial charge in [0.15, 0.2) is 11.5 Å². The molecule has 128 valence electrons. The molecule has 0 radical (unpaired) electrons. The lowest BCUT2D eigenvalue weighted by Crippen LogP contribution is -2.48. The molecular formula is C16H16NO5S2-. The summed E-state index contributed by atoms with van der Waals surface area (Å²) in [7, 11) is 1.53. The number of hydrogen-bond donors (Lipinski definition) is 0. The van der Waals surface area contributed by atoms with Gasteiger partial charge in [-0.15, -0.1) is 0 Å². The van der Waals surface area contributed by atoms with Crippen molar-refractivity contribution < 1.29 is 24.2 Å². The number of hydrogen-bond acceptors (Lipinski definition) is 7. The molecule has 0 N–H and O–H groups in total. The van der Waals surface area contributed by atoms with Crippen LogP contribution in [0.1, 0.15) is 19.4 Å². The second kappa shape index (κ2) is 7.67. The van der Waals surface area contributed by atoms with Crippen LogP contribution in [0.5, 0.6) is 11.5 Å². The predicted octanol–water partition coefficient (Wildman–Crippen LogP) is 1.43. The van der Waals surface area contributed by atoms with Gasteiger partial charge in [0.05, 0.1) is 30.6 Å². The number of ether oxygens (including phenoxy) is 2. The van der Waals surface area contributed by atoms with E-state index >= 15 is 0 Å². The van der Waals surface area contributed by atoms with Gasteiger partial charge in [0.1, 0.15) is 4.32 Å². The Morgan fingerprint density at radius 2 is 2.17 bits per heavy atom. The number of amides is 1. The first-order chi connectivity index (χ1) is 11.4. The van der Waals surface area contributed by atoms with Crippen LogP contribution in [-0.2, 0) is 9.59 Å². The Bertz CT molecular complexity index is 716. The third kappa shape index (κ3) is 3.70. The van der Waals surface area contributed by atoms with Gasteiger partial charge in [0.25, 0.3) is 5.91 Å². The summed E-state index contributed by atoms with van der Waals surface area (Å²) >= 11 is 6.16. The molecule has 1 aliphatic rings. The van der Waals surface area contributed by atoms with Crippen molar-refractivity contribution >= 4 is 46.3 Å². The summed E-state index contributed by atoms with van der Waals surface area (Å²) < 4.78 is 10.9. The molecule has 0 saturated carbocycles. The second-order valence-corrected chi connectivity index (χ2v) is 6.57. The molecule has 0 unspecified atom stereocenters. The predicted molar refractivity (Wildman–Crippen MR) is 93.6 cm³/mol. The molecule has 0 aromatic heterocycles. The molecule has 1 aromatic carbocycles. The van der Waals surface area contributed by atoms with Gasteiger partial charge in [-0.2, -0.15) is 0 Å². The number of carboxylic acids is 1. The van der Waals surface area contributed by atoms with Crippen LogP contribution in [0.4, 0.5) is 0 Å². The van der Waals surface area contributed by atoms with Gasteiger partial charge in [-0.3, -0.25) is 9.69 Å². The Morgan fingerprint density at radius 3 is 2.75 bits per heavy atom. The average molecular weight is 366 g/mol. The minimum Gasteiger partial charge on any atom is -0.548 e. The number of carboxylic acid groups (broad SMARTS) is 1. The molecule has 1 saturated heterocycles. The van der Waals surface area contributed by atoms with E-state index in [4.69, 9.17) is 21.7 Å². The van der Waals surface area contributed by atoms with Crippen molar-refractivity contribution in [1.82, 2.24) is 4.90 Å². The lowest BCUT2D eigenvalue weighted by atomic mass is 10.1. The third-order valence-electron chi connectivity index (χ3n) is 3.34. The number of rotatable bonds is 6. The van der Waals surface area contributed by atoms with E-state index in [1.165, 1.54) is 14.0 Å². The van der Waals surface area contributed by atoms with E-state index in [0.29, 0.717) is 23.0 Å². The van der Waals surface area contributed by atoms with Crippen LogP contribution in [0.15, 0.2) is 23.1 Å². The molecule has 8 heteroatoms. The maximum Gasteiger partial charge on any atom is 0.266 e. The van der Waals surface area contributed by atoms with Crippen LogP contribution in [0, 0.1) is 0 Å². The third-order valence-corrected chi connectivity index (χ3v) is 4.67. The largest absolute Gasteiger partial charge is 0.548 e. The van der Waals surface area contributed by atoms with E-state index in [-0.39, 0.29) is 4.32 Å². The summed E-state index contributed by atoms with van der Waals surface area (Å²) in [5.41, 5.74) is 0.719. The van der Waals surface area contributed by atoms with E-state index in [1.807, 2.05) is 6.92 Å². The fourth-order valence-electron chi connectivity index (χ4n) is 2.12. The van der Waals surface area contributed by atoms with Gasteiger partial charge in [-0.1, -0.05) is 30.0 Å². The molecule has 1 aromatic rings. The molecule has 0 spiro atoms. The first-order valence-corrected chi connectivity index (χ1v) is 8.40. The van der Waals surface area contributed by atoms with Gasteiger partial charge in [-0.25, -0.2) is 0 Å². The van der Waals surface area contributed by atoms with Crippen LogP contribution in [0.25, 0.3) is 6.08 Å². The van der Waals surface area contributed by atoms with E-state index in [9.17, 15) is 14.7 Å². The minimum atomic E-state index is -1.35. The Balaban J connectivity index is 2.30. The van der Waals surface area contributed by atoms with Gasteiger partial charge >= 0.3 is 0 Å². The zero-order valence-electron chi connectivity index (χ0n) is 13.4. The summed E-state index contributed by atoms with van der Waals surface area (Å²) in [6, 6.07) is 4.15. The number of methoxy groups -OCH3 is 1. The standard InChI is InChI=1S/C16H17NO5S2/c1-4-22-11-6-5-10(7-12(11)21-3)8-13-14(18)17(16(23)24-13)9(2)15(19)20/h5-9H,4H2,1-3H3,(H,19,20)/p-1/b13-8-/t9-/m1/s1. The highest BCUT2D eigenvalue weighted by atomic mass is 32.2. The van der Waals surface area contributed by atoms with Crippen LogP contribution < -0.4 is 14.6 Å². The van der Waals surface area contributed by atoms with Crippen molar-refractivity contribution in [2.24, 2.45) is 0 Å². The fraction of sp³-hybridized carbons (Fsp3) is 0.312. The zero-order chi connectivity index (χ0) is 17.9. The van der Waals surface area contributed by atoms with E-state index in [1.54, 1.807) is 24.3 Å². The first kappa shape index (κ1) is 18.3. The molecule has 2 rings (SSSR count). The normalized spacial score (nSPS) is 17.3. The molecule has 0 aliphatic carbocycles. The summed E-state index contributed by atoms with van der Waals surface area (Å²) in [4.78, 5) is 24.8. The van der Waals surface area contributed by atoms with Crippen LogP contribution in [-0.4, -0.2) is 40.9 Å². The average Bonchev–Trinajstić information content (AvgIpc) is 2.82. The number of nitrogens with zero attached hydrogens (tertiary/aromatic N) is 1. The zero-order valence-corrected chi connectivity index (χ0v) is 15.0. The van der Waals surface area contributed by atoms with Crippen LogP contribution in [0.2, 0.25) is 0 Å². The monoisotopic (exact) mass is 366 g/mol. The first-order valence-electron chi connectivity index (χ1n) is 7.17. The van der Waals surface area contributed by atoms with Crippen molar-refractivity contribution in [3.05, 3.63) is 28.7 Å². The van der Waals surface area contributed by atoms with Crippen LogP contribution >= 0.6 is 24.0 Å². The lowest BCUT2D eigenvalue weighted by Gasteiger charge is -2.23. The van der Waals surface area contributed by atoms with Gasteiger partial charge in [-0.05, 0) is 37.6 Å². The highest BCUT2D eigenvalue weighted by Gasteiger charge is 2.35. The molecule has 1 heterocycles. The maximum atomic E-state index is 12.4. The van der Waals surface area contributed by atoms with Crippen molar-refractivity contribution in [2.75, 3.05) is 13.7 Å². The molecule has 24 heavy (non-hydrogen) atoms. The Hall–Kier alpha value is -2.06. The SMILES string of the molecule is CCOc1ccc(/C=C2\SC(=S)N([C@H](C)C(=O)[O-])C2=O)cc1OC. The molecule has 1 amide bonds. The summed E-state index contributed by atoms with van der Waals surface area (Å²) in [6.45, 7) is 3.75. The maximum absolute atomic E-state index is 12.4. The van der Waals surface area contributed by atoms with E-state index in [2.05, 4.69) is 0 Å². The lowest BCUT2D eigenvalue weighted by molar-refractivity contribution is -0.309. The van der Waals surface area contributed by atoms with Crippen molar-refractivity contribution in [1.29, 1.82) is 0 Å². The van der Waals surface area contributed by atoms with Crippen molar-refractivity contribution in [3.63, 3.8) is 0 Å². The highest BCUT2D eigenvalue weighted by molar-refractivity contribution is 8.26. The number of benzene rings is 1. The molecule has 0 bridgehead atoms. The van der Waals surface area contributed by atoms with Crippen LogP contribution in [0.3, 0.4) is 0 Å². The van der Waals surface area contributed by atoms with Crippen molar-refractivity contribution in [3.8, 4) is 11.5 Å². The Morgan fingerprint density at radius 1 is 1.46 bits per heavy atom. The van der Waals surface area contributed by atoms with Gasteiger partial charge in [0, 0.05) is 0 Å². The summed E-state index contributed by atoms with van der Waals surface area (Å²) in [5.74, 6) is -0.649. The topological polar surface area (TPSA) is 78.9 Å². The quantitative estimate of drug-likeness (QED) is 0.557. The fourth-order valence-corrected chi connectivity index (χ4v) is 3.54. The van der Waals surface area contributed by atoms with E-state index in [0.717, 1.165) is 22.2 Å². The summed E-state index contributed by atoms with van der Waals surface area (Å²) in [6.07, 6.45) is 1.64. The van der Waals surface area contributed by atoms with E-state index < -0.39 is 17.9 Å². The molecule has 6 nitrogen and oxygen atoms in total. The smallest absolute Gasteiger partial charge is 0.266 e. The minimum absolute atomic E-state index is 0.195. The molecule has 1 fully saturated rings. The van der Waals surface area contributed by atoms with Crippen molar-refractivity contribution in [2.45, 2.75) is 19.9 Å². The number of thiocarbonyl (C=S) groups is 1. The molecular weight excluding hydrogens is 350 g/mol. The number of carbonyl (C=O) groups is 2. The number of thioether (sulfide) groups is 1. The highest BCUT2D eigenvalue weighted by Crippen LogP contribution is 2.35. The Labute approximate surface area is 149 Å². The van der Waals surface area contributed by atoms with Gasteiger partial charge in [0.2, 0.25) is 0 Å². The molecule has 1 aliphatic heterocycles. The molecule has 1 atom stereocenters. The number of aliphatic carboxylic acids is 1. The Kier molecular flexibility index (Phi) is 5.84. The van der Waals surface area contributed by atoms with Gasteiger partial charge < -0.3 is 19.4 Å². The summed E-state index contributed by atoms with van der Waals surface area (Å²) in [5, 5.41) is 11.0. The second-order valence-electron chi connectivity index (χ2n) is 4.89.